The third-order valence-corrected chi connectivity index (χ3v) is 3.93. The molecular formula is C14H25NO. The third-order valence-electron chi connectivity index (χ3n) is 3.93. The van der Waals surface area contributed by atoms with Crippen molar-refractivity contribution < 1.29 is 4.74 Å². The largest absolute Gasteiger partial charge is 0.378 e. The molecule has 2 nitrogen and oxygen atoms in total. The smallest absolute Gasteiger partial charge is 0.0658 e. The van der Waals surface area contributed by atoms with Crippen molar-refractivity contribution in [3.63, 3.8) is 0 Å². The molecule has 0 aromatic carbocycles. The zero-order valence-corrected chi connectivity index (χ0v) is 11.1. The molecule has 0 aliphatic heterocycles. The van der Waals surface area contributed by atoms with Gasteiger partial charge in [-0.3, -0.25) is 0 Å². The van der Waals surface area contributed by atoms with Gasteiger partial charge >= 0.3 is 0 Å². The molecule has 1 fully saturated rings. The first-order chi connectivity index (χ1) is 7.69. The molecular weight excluding hydrogens is 198 g/mol. The van der Waals surface area contributed by atoms with Gasteiger partial charge in [0, 0.05) is 31.0 Å². The molecule has 0 aromatic rings. The Labute approximate surface area is 100 Å². The summed E-state index contributed by atoms with van der Waals surface area (Å²) in [6.07, 6.45) is 3.72. The number of rotatable bonds is 6. The van der Waals surface area contributed by atoms with Crippen molar-refractivity contribution in [3.8, 4) is 11.8 Å². The number of nitrogens with one attached hydrogen (secondary N) is 1. The van der Waals surface area contributed by atoms with Crippen molar-refractivity contribution in [2.75, 3.05) is 13.2 Å². The van der Waals surface area contributed by atoms with Crippen molar-refractivity contribution >= 4 is 0 Å². The highest BCUT2D eigenvalue weighted by molar-refractivity contribution is 5.05. The minimum absolute atomic E-state index is 0.315. The third kappa shape index (κ3) is 2.78. The van der Waals surface area contributed by atoms with E-state index in [1.807, 2.05) is 6.92 Å². The molecule has 3 unspecified atom stereocenters. The predicted octanol–water partition coefficient (Wildman–Crippen LogP) is 2.58. The highest BCUT2D eigenvalue weighted by atomic mass is 16.5. The van der Waals surface area contributed by atoms with Crippen LogP contribution < -0.4 is 5.32 Å². The van der Waals surface area contributed by atoms with Crippen LogP contribution in [-0.4, -0.2) is 25.3 Å². The number of hydrogen-bond donors (Lipinski definition) is 1. The van der Waals surface area contributed by atoms with Crippen LogP contribution in [0.25, 0.3) is 0 Å². The van der Waals surface area contributed by atoms with Crippen molar-refractivity contribution in [2.45, 2.75) is 59.1 Å². The van der Waals surface area contributed by atoms with E-state index in [-0.39, 0.29) is 0 Å². The lowest BCUT2D eigenvalue weighted by molar-refractivity contribution is -0.125. The van der Waals surface area contributed by atoms with E-state index in [0.29, 0.717) is 17.6 Å². The van der Waals surface area contributed by atoms with Gasteiger partial charge in [-0.2, -0.15) is 0 Å². The maximum absolute atomic E-state index is 5.77. The van der Waals surface area contributed by atoms with E-state index in [4.69, 9.17) is 4.74 Å². The van der Waals surface area contributed by atoms with E-state index in [0.717, 1.165) is 26.0 Å². The summed E-state index contributed by atoms with van der Waals surface area (Å²) in [6.45, 7) is 10.4. The Balaban J connectivity index is 2.35. The van der Waals surface area contributed by atoms with Crippen molar-refractivity contribution in [3.05, 3.63) is 0 Å². The molecule has 0 radical (unpaired) electrons. The average Bonchev–Trinajstić information content (AvgIpc) is 2.30. The number of ether oxygens (including phenoxy) is 1. The molecule has 16 heavy (non-hydrogen) atoms. The number of hydrogen-bond acceptors (Lipinski definition) is 2. The van der Waals surface area contributed by atoms with E-state index in [2.05, 4.69) is 37.9 Å². The van der Waals surface area contributed by atoms with E-state index in [9.17, 15) is 0 Å². The molecule has 0 amide bonds. The molecule has 1 aliphatic carbocycles. The Morgan fingerprint density at radius 2 is 2.19 bits per heavy atom. The Bertz CT molecular complexity index is 266. The Kier molecular flexibility index (Phi) is 5.31. The molecule has 1 N–H and O–H groups in total. The van der Waals surface area contributed by atoms with Gasteiger partial charge in [0.2, 0.25) is 0 Å². The Hall–Kier alpha value is -0.520. The van der Waals surface area contributed by atoms with Crippen molar-refractivity contribution in [1.29, 1.82) is 0 Å². The highest BCUT2D eigenvalue weighted by Crippen LogP contribution is 2.45. The normalized spacial score (nSPS) is 32.8. The van der Waals surface area contributed by atoms with Gasteiger partial charge in [0.25, 0.3) is 0 Å². The first-order valence-electron chi connectivity index (χ1n) is 6.43. The molecule has 1 rings (SSSR count). The van der Waals surface area contributed by atoms with Crippen molar-refractivity contribution in [1.82, 2.24) is 5.32 Å². The van der Waals surface area contributed by atoms with Gasteiger partial charge in [-0.15, -0.1) is 11.8 Å². The summed E-state index contributed by atoms with van der Waals surface area (Å²) >= 11 is 0. The van der Waals surface area contributed by atoms with Gasteiger partial charge in [-0.05, 0) is 26.7 Å². The van der Waals surface area contributed by atoms with Gasteiger partial charge in [-0.25, -0.2) is 0 Å². The van der Waals surface area contributed by atoms with Gasteiger partial charge < -0.3 is 10.1 Å². The summed E-state index contributed by atoms with van der Waals surface area (Å²) in [5, 5.41) is 3.60. The quantitative estimate of drug-likeness (QED) is 0.552. The average molecular weight is 223 g/mol. The van der Waals surface area contributed by atoms with Crippen LogP contribution in [0, 0.1) is 17.3 Å². The van der Waals surface area contributed by atoms with Gasteiger partial charge in [0.1, 0.15) is 0 Å². The summed E-state index contributed by atoms with van der Waals surface area (Å²) < 4.78 is 5.77. The summed E-state index contributed by atoms with van der Waals surface area (Å²) in [5.74, 6) is 6.02. The van der Waals surface area contributed by atoms with Crippen LogP contribution in [0.5, 0.6) is 0 Å². The molecule has 2 heteroatoms. The lowest BCUT2D eigenvalue weighted by Gasteiger charge is -2.53. The highest BCUT2D eigenvalue weighted by Gasteiger charge is 2.50. The topological polar surface area (TPSA) is 21.3 Å². The fraction of sp³-hybridized carbons (Fsp3) is 0.857. The van der Waals surface area contributed by atoms with Crippen LogP contribution in [0.4, 0.5) is 0 Å². The van der Waals surface area contributed by atoms with Crippen molar-refractivity contribution in [2.24, 2.45) is 5.41 Å². The summed E-state index contributed by atoms with van der Waals surface area (Å²) in [5.41, 5.74) is 0.315. The maximum atomic E-state index is 5.77. The Morgan fingerprint density at radius 1 is 1.44 bits per heavy atom. The monoisotopic (exact) mass is 223 g/mol. The van der Waals surface area contributed by atoms with Crippen LogP contribution in [0.15, 0.2) is 0 Å². The van der Waals surface area contributed by atoms with E-state index < -0.39 is 0 Å². The summed E-state index contributed by atoms with van der Waals surface area (Å²) in [7, 11) is 0. The predicted molar refractivity (Wildman–Crippen MR) is 68.3 cm³/mol. The second-order valence-corrected chi connectivity index (χ2v) is 4.72. The molecule has 1 saturated carbocycles. The summed E-state index contributed by atoms with van der Waals surface area (Å²) in [6, 6.07) is 0.604. The van der Waals surface area contributed by atoms with Crippen LogP contribution >= 0.6 is 0 Å². The maximum Gasteiger partial charge on any atom is 0.0658 e. The standard InChI is InChI=1S/C14H25NO/c1-5-8-9-10-15-12-11-13(16-7-3)14(12,4)6-2/h12-13,15H,6-7,9-11H2,1-4H3. The van der Waals surface area contributed by atoms with E-state index in [1.54, 1.807) is 0 Å². The Morgan fingerprint density at radius 3 is 2.75 bits per heavy atom. The second kappa shape index (κ2) is 6.27. The van der Waals surface area contributed by atoms with E-state index >= 15 is 0 Å². The zero-order valence-electron chi connectivity index (χ0n) is 11.1. The van der Waals surface area contributed by atoms with Crippen LogP contribution in [0.3, 0.4) is 0 Å². The molecule has 0 saturated heterocycles. The van der Waals surface area contributed by atoms with Gasteiger partial charge in [-0.1, -0.05) is 13.8 Å². The lowest BCUT2D eigenvalue weighted by atomic mass is 9.61. The van der Waals surface area contributed by atoms with E-state index in [1.165, 1.54) is 6.42 Å². The van der Waals surface area contributed by atoms with Crippen LogP contribution in [0.1, 0.15) is 47.0 Å². The second-order valence-electron chi connectivity index (χ2n) is 4.72. The minimum Gasteiger partial charge on any atom is -0.378 e. The molecule has 0 heterocycles. The molecule has 0 aromatic heterocycles. The zero-order chi connectivity index (χ0) is 12.0. The first-order valence-corrected chi connectivity index (χ1v) is 6.43. The summed E-state index contributed by atoms with van der Waals surface area (Å²) in [4.78, 5) is 0. The molecule has 1 aliphatic rings. The molecule has 92 valence electrons. The fourth-order valence-electron chi connectivity index (χ4n) is 2.50. The van der Waals surface area contributed by atoms with Gasteiger partial charge in [0.15, 0.2) is 0 Å². The van der Waals surface area contributed by atoms with Gasteiger partial charge in [0.05, 0.1) is 6.10 Å². The van der Waals surface area contributed by atoms with Crippen LogP contribution in [-0.2, 0) is 4.74 Å². The molecule has 0 spiro atoms. The minimum atomic E-state index is 0.315. The van der Waals surface area contributed by atoms with Crippen LogP contribution in [0.2, 0.25) is 0 Å². The first kappa shape index (κ1) is 13.5. The lowest BCUT2D eigenvalue weighted by Crippen LogP contribution is -2.62. The fourth-order valence-corrected chi connectivity index (χ4v) is 2.50. The SMILES string of the molecule is CC#CCCNC1CC(OCC)C1(C)CC. The molecule has 0 bridgehead atoms. The molecule has 3 atom stereocenters.